The van der Waals surface area contributed by atoms with Crippen LogP contribution < -0.4 is 4.74 Å². The zero-order chi connectivity index (χ0) is 22.0. The highest BCUT2D eigenvalue weighted by Gasteiger charge is 2.25. The molecule has 0 saturated carbocycles. The van der Waals surface area contributed by atoms with E-state index in [0.717, 1.165) is 41.2 Å². The first-order valence-corrected chi connectivity index (χ1v) is 10.9. The first-order valence-electron chi connectivity index (χ1n) is 10.9. The minimum Gasteiger partial charge on any atom is -0.493 e. The molecule has 1 aromatic heterocycles. The molecule has 4 rings (SSSR count). The third kappa shape index (κ3) is 4.82. The molecule has 1 aliphatic rings. The van der Waals surface area contributed by atoms with Gasteiger partial charge >= 0.3 is 5.97 Å². The van der Waals surface area contributed by atoms with Crippen molar-refractivity contribution in [2.45, 2.75) is 58.3 Å². The Hall–Kier alpha value is -3.08. The van der Waals surface area contributed by atoms with Gasteiger partial charge in [-0.15, -0.1) is 0 Å². The second kappa shape index (κ2) is 8.96. The highest BCUT2D eigenvalue weighted by Crippen LogP contribution is 2.37. The molecule has 0 radical (unpaired) electrons. The Morgan fingerprint density at radius 1 is 1.23 bits per heavy atom. The molecule has 1 N–H and O–H groups in total. The maximum Gasteiger partial charge on any atom is 0.303 e. The van der Waals surface area contributed by atoms with E-state index in [1.165, 1.54) is 11.1 Å². The van der Waals surface area contributed by atoms with Crippen molar-refractivity contribution in [2.24, 2.45) is 0 Å². The van der Waals surface area contributed by atoms with Crippen molar-refractivity contribution in [3.63, 3.8) is 0 Å². The number of benzene rings is 2. The molecule has 1 aliphatic carbocycles. The number of hydrogen-bond donors (Lipinski definition) is 1. The number of fused-ring (bicyclic) bond motifs is 1. The zero-order valence-electron chi connectivity index (χ0n) is 18.4. The van der Waals surface area contributed by atoms with E-state index >= 15 is 0 Å². The Morgan fingerprint density at radius 3 is 2.71 bits per heavy atom. The van der Waals surface area contributed by atoms with Crippen LogP contribution in [0.25, 0.3) is 11.5 Å². The van der Waals surface area contributed by atoms with E-state index in [-0.39, 0.29) is 12.3 Å². The molecule has 0 saturated heterocycles. The summed E-state index contributed by atoms with van der Waals surface area (Å²) in [4.78, 5) is 15.7. The molecule has 0 bridgehead atoms. The molecule has 5 heteroatoms. The van der Waals surface area contributed by atoms with Gasteiger partial charge in [0.05, 0.1) is 18.7 Å². The molecule has 5 nitrogen and oxygen atoms in total. The highest BCUT2D eigenvalue weighted by atomic mass is 16.5. The van der Waals surface area contributed by atoms with Gasteiger partial charge in [0, 0.05) is 12.0 Å². The van der Waals surface area contributed by atoms with Crippen LogP contribution >= 0.6 is 0 Å². The topological polar surface area (TPSA) is 72.6 Å². The van der Waals surface area contributed by atoms with Gasteiger partial charge in [0.15, 0.2) is 0 Å². The van der Waals surface area contributed by atoms with Gasteiger partial charge in [-0.2, -0.15) is 0 Å². The monoisotopic (exact) mass is 419 g/mol. The summed E-state index contributed by atoms with van der Waals surface area (Å²) >= 11 is 0. The van der Waals surface area contributed by atoms with E-state index in [1.807, 2.05) is 19.1 Å². The summed E-state index contributed by atoms with van der Waals surface area (Å²) in [6.07, 6.45) is 2.66. The summed E-state index contributed by atoms with van der Waals surface area (Å²) < 4.78 is 11.9. The number of aromatic nitrogens is 1. The Bertz CT molecular complexity index is 1070. The Kier molecular flexibility index (Phi) is 6.12. The second-order valence-corrected chi connectivity index (χ2v) is 8.59. The van der Waals surface area contributed by atoms with Gasteiger partial charge in [-0.05, 0) is 72.6 Å². The van der Waals surface area contributed by atoms with Gasteiger partial charge in [0.25, 0.3) is 0 Å². The summed E-state index contributed by atoms with van der Waals surface area (Å²) in [6, 6.07) is 14.4. The lowest BCUT2D eigenvalue weighted by atomic mass is 9.98. The summed E-state index contributed by atoms with van der Waals surface area (Å²) in [5.41, 5.74) is 5.54. The van der Waals surface area contributed by atoms with Crippen LogP contribution in [-0.4, -0.2) is 22.7 Å². The summed E-state index contributed by atoms with van der Waals surface area (Å²) in [6.45, 7) is 6.80. The van der Waals surface area contributed by atoms with Crippen molar-refractivity contribution in [3.05, 3.63) is 70.6 Å². The lowest BCUT2D eigenvalue weighted by molar-refractivity contribution is -0.137. The van der Waals surface area contributed by atoms with Crippen molar-refractivity contribution in [1.82, 2.24) is 4.98 Å². The third-order valence-electron chi connectivity index (χ3n) is 6.06. The SMILES string of the molecule is Cc1oc(-c2ccc(C(C)C)cc2)nc1CCOc1ccc2c(c1)CC[C@@H]2CC(=O)O. The smallest absolute Gasteiger partial charge is 0.303 e. The standard InChI is InChI=1S/C26H29NO4/c1-16(2)18-4-6-19(7-5-18)26-27-24(17(3)31-26)12-13-30-22-10-11-23-20(14-22)8-9-21(23)15-25(28)29/h4-7,10-11,14,16,21H,8-9,12-13,15H2,1-3H3,(H,28,29)/t21-/m1/s1. The van der Waals surface area contributed by atoms with Crippen LogP contribution in [0, 0.1) is 6.92 Å². The third-order valence-corrected chi connectivity index (χ3v) is 6.06. The van der Waals surface area contributed by atoms with Crippen LogP contribution in [0.1, 0.15) is 66.7 Å². The quantitative estimate of drug-likeness (QED) is 0.492. The molecule has 162 valence electrons. The van der Waals surface area contributed by atoms with E-state index < -0.39 is 5.97 Å². The molecule has 1 atom stereocenters. The molecule has 0 aliphatic heterocycles. The number of aliphatic carboxylic acids is 1. The number of carboxylic acids is 1. The molecule has 3 aromatic rings. The lowest BCUT2D eigenvalue weighted by Gasteiger charge is -2.10. The summed E-state index contributed by atoms with van der Waals surface area (Å²) in [5, 5.41) is 9.07. The minimum atomic E-state index is -0.739. The predicted octanol–water partition coefficient (Wildman–Crippen LogP) is 5.90. The maximum absolute atomic E-state index is 11.0. The van der Waals surface area contributed by atoms with Crippen molar-refractivity contribution < 1.29 is 19.1 Å². The van der Waals surface area contributed by atoms with E-state index in [1.54, 1.807) is 0 Å². The molecule has 1 heterocycles. The van der Waals surface area contributed by atoms with Crippen molar-refractivity contribution >= 4 is 5.97 Å². The second-order valence-electron chi connectivity index (χ2n) is 8.59. The van der Waals surface area contributed by atoms with Gasteiger partial charge in [0.1, 0.15) is 11.5 Å². The van der Waals surface area contributed by atoms with Crippen LogP contribution in [0.2, 0.25) is 0 Å². The van der Waals surface area contributed by atoms with Gasteiger partial charge in [-0.3, -0.25) is 4.79 Å². The fourth-order valence-electron chi connectivity index (χ4n) is 4.25. The number of ether oxygens (including phenoxy) is 1. The maximum atomic E-state index is 11.0. The molecule has 31 heavy (non-hydrogen) atoms. The molecule has 2 aromatic carbocycles. The first kappa shape index (κ1) is 21.2. The minimum absolute atomic E-state index is 0.118. The fraction of sp³-hybridized carbons (Fsp3) is 0.385. The van der Waals surface area contributed by atoms with Crippen LogP contribution in [0.15, 0.2) is 46.9 Å². The largest absolute Gasteiger partial charge is 0.493 e. The number of oxazole rings is 1. The number of aryl methyl sites for hydroxylation is 2. The molecule has 0 fully saturated rings. The first-order chi connectivity index (χ1) is 14.9. The predicted molar refractivity (Wildman–Crippen MR) is 120 cm³/mol. The normalized spacial score (nSPS) is 15.3. The van der Waals surface area contributed by atoms with Gasteiger partial charge in [-0.1, -0.05) is 32.0 Å². The van der Waals surface area contributed by atoms with E-state index in [0.29, 0.717) is 24.8 Å². The zero-order valence-corrected chi connectivity index (χ0v) is 18.4. The van der Waals surface area contributed by atoms with Crippen molar-refractivity contribution in [2.75, 3.05) is 6.61 Å². The van der Waals surface area contributed by atoms with Crippen LogP contribution in [0.5, 0.6) is 5.75 Å². The number of carboxylic acid groups (broad SMARTS) is 1. The van der Waals surface area contributed by atoms with Crippen molar-refractivity contribution in [1.29, 1.82) is 0 Å². The van der Waals surface area contributed by atoms with E-state index in [2.05, 4.69) is 49.2 Å². The molecule has 0 spiro atoms. The number of hydrogen-bond acceptors (Lipinski definition) is 4. The Balaban J connectivity index is 1.37. The van der Waals surface area contributed by atoms with Gasteiger partial charge in [-0.25, -0.2) is 4.98 Å². The highest BCUT2D eigenvalue weighted by molar-refractivity contribution is 5.68. The summed E-state index contributed by atoms with van der Waals surface area (Å²) in [7, 11) is 0. The molecule has 0 amide bonds. The molecular weight excluding hydrogens is 390 g/mol. The summed E-state index contributed by atoms with van der Waals surface area (Å²) in [5.74, 6) is 2.15. The van der Waals surface area contributed by atoms with Crippen molar-refractivity contribution in [3.8, 4) is 17.2 Å². The average Bonchev–Trinajstić information content (AvgIpc) is 3.31. The van der Waals surface area contributed by atoms with Gasteiger partial charge < -0.3 is 14.3 Å². The lowest BCUT2D eigenvalue weighted by Crippen LogP contribution is -2.04. The van der Waals surface area contributed by atoms with Crippen LogP contribution in [0.3, 0.4) is 0 Å². The Labute approximate surface area is 183 Å². The van der Waals surface area contributed by atoms with Gasteiger partial charge in [0.2, 0.25) is 5.89 Å². The number of nitrogens with zero attached hydrogens (tertiary/aromatic N) is 1. The Morgan fingerprint density at radius 2 is 2.00 bits per heavy atom. The van der Waals surface area contributed by atoms with E-state index in [4.69, 9.17) is 14.3 Å². The van der Waals surface area contributed by atoms with Crippen LogP contribution in [0.4, 0.5) is 0 Å². The fourth-order valence-corrected chi connectivity index (χ4v) is 4.25. The van der Waals surface area contributed by atoms with Crippen LogP contribution in [-0.2, 0) is 17.6 Å². The average molecular weight is 420 g/mol. The van der Waals surface area contributed by atoms with E-state index in [9.17, 15) is 4.79 Å². The molecular formula is C26H29NO4. The molecule has 0 unspecified atom stereocenters. The number of rotatable bonds is 8. The number of carbonyl (C=O) groups is 1.